The average Bonchev–Trinajstić information content (AvgIpc) is 3.28. The maximum Gasteiger partial charge on any atom is 0.413 e. The summed E-state index contributed by atoms with van der Waals surface area (Å²) >= 11 is 0. The van der Waals surface area contributed by atoms with Crippen LogP contribution in [0.1, 0.15) is 230 Å². The second kappa shape index (κ2) is 30.8. The summed E-state index contributed by atoms with van der Waals surface area (Å²) in [5.41, 5.74) is -3.21. The maximum atomic E-state index is 16.1. The number of rotatable bonds is 36. The van der Waals surface area contributed by atoms with Crippen LogP contribution >= 0.6 is 0 Å². The highest BCUT2D eigenvalue weighted by atomic mass is 19.4. The van der Waals surface area contributed by atoms with Crippen LogP contribution in [0.5, 0.6) is 11.5 Å². The van der Waals surface area contributed by atoms with Crippen molar-refractivity contribution in [3.63, 3.8) is 0 Å². The predicted octanol–water partition coefficient (Wildman–Crippen LogP) is 18.1. The molecule has 372 valence electrons. The van der Waals surface area contributed by atoms with E-state index in [2.05, 4.69) is 13.8 Å². The number of benzene rings is 2. The average molecular weight is 923 g/mol. The van der Waals surface area contributed by atoms with Gasteiger partial charge in [-0.1, -0.05) is 243 Å². The van der Waals surface area contributed by atoms with Crippen LogP contribution in [0.15, 0.2) is 48.5 Å². The molecule has 2 atom stereocenters. The van der Waals surface area contributed by atoms with Crippen molar-refractivity contribution in [3.8, 4) is 11.5 Å². The number of para-hydroxylation sites is 2. The van der Waals surface area contributed by atoms with Gasteiger partial charge in [0.25, 0.3) is 5.41 Å². The summed E-state index contributed by atoms with van der Waals surface area (Å²) in [4.78, 5) is 2.59. The van der Waals surface area contributed by atoms with Crippen LogP contribution in [0.25, 0.3) is 0 Å². The summed E-state index contributed by atoms with van der Waals surface area (Å²) in [5, 5.41) is 0. The lowest BCUT2D eigenvalue weighted by Crippen LogP contribution is -2.74. The highest BCUT2D eigenvalue weighted by Crippen LogP contribution is 2.60. The minimum absolute atomic E-state index is 0.0494. The molecule has 4 rings (SSSR count). The van der Waals surface area contributed by atoms with Crippen LogP contribution in [0, 0.1) is 5.41 Å². The maximum absolute atomic E-state index is 16.1. The van der Waals surface area contributed by atoms with Gasteiger partial charge >= 0.3 is 12.4 Å². The molecular formula is C55H88F6N2O2. The summed E-state index contributed by atoms with van der Waals surface area (Å²) in [6.45, 7) is 4.44. The van der Waals surface area contributed by atoms with Crippen molar-refractivity contribution >= 4 is 0 Å². The fraction of sp³-hybridized carbons (Fsp3) is 0.782. The van der Waals surface area contributed by atoms with Gasteiger partial charge in [0.15, 0.2) is 12.5 Å². The quantitative estimate of drug-likeness (QED) is 0.0502. The van der Waals surface area contributed by atoms with E-state index in [9.17, 15) is 0 Å². The lowest BCUT2D eigenvalue weighted by Gasteiger charge is -2.54. The van der Waals surface area contributed by atoms with Gasteiger partial charge in [0.1, 0.15) is 11.5 Å². The second-order valence-corrected chi connectivity index (χ2v) is 19.6. The Morgan fingerprint density at radius 2 is 0.631 bits per heavy atom. The molecule has 2 aromatic carbocycles. The van der Waals surface area contributed by atoms with Crippen molar-refractivity contribution < 1.29 is 35.8 Å². The summed E-state index contributed by atoms with van der Waals surface area (Å²) in [6.07, 6.45) is 20.5. The van der Waals surface area contributed by atoms with Crippen molar-refractivity contribution in [2.75, 3.05) is 13.1 Å². The first-order valence-corrected chi connectivity index (χ1v) is 26.6. The normalized spacial score (nSPS) is 17.2. The highest BCUT2D eigenvalue weighted by molar-refractivity contribution is 5.37. The van der Waals surface area contributed by atoms with Gasteiger partial charge in [0, 0.05) is 37.3 Å². The van der Waals surface area contributed by atoms with E-state index >= 15 is 26.3 Å². The summed E-state index contributed by atoms with van der Waals surface area (Å²) in [5.74, 6) is 0.110. The molecule has 0 spiro atoms. The molecule has 0 aromatic heterocycles. The Morgan fingerprint density at radius 1 is 0.385 bits per heavy atom. The second-order valence-electron chi connectivity index (χ2n) is 19.6. The number of ether oxygens (including phenoxy) is 2. The molecule has 2 heterocycles. The van der Waals surface area contributed by atoms with Crippen LogP contribution in [0.4, 0.5) is 26.3 Å². The molecule has 65 heavy (non-hydrogen) atoms. The molecule has 10 heteroatoms. The summed E-state index contributed by atoms with van der Waals surface area (Å²) in [6, 6.07) is 13.1. The highest BCUT2D eigenvalue weighted by Gasteiger charge is 2.82. The van der Waals surface area contributed by atoms with Crippen LogP contribution in [0.2, 0.25) is 0 Å². The number of nitrogens with zero attached hydrogens (tertiary/aromatic N) is 2. The monoisotopic (exact) mass is 923 g/mol. The Balaban J connectivity index is 1.35. The van der Waals surface area contributed by atoms with E-state index in [1.807, 2.05) is 0 Å². The predicted molar refractivity (Wildman–Crippen MR) is 256 cm³/mol. The van der Waals surface area contributed by atoms with Gasteiger partial charge < -0.3 is 9.47 Å². The topological polar surface area (TPSA) is 24.9 Å². The lowest BCUT2D eigenvalue weighted by molar-refractivity contribution is -0.415. The van der Waals surface area contributed by atoms with Crippen molar-refractivity contribution in [2.24, 2.45) is 5.41 Å². The first kappa shape index (κ1) is 55.1. The zero-order chi connectivity index (χ0) is 46.6. The van der Waals surface area contributed by atoms with Crippen LogP contribution in [-0.2, 0) is 13.1 Å². The Hall–Kier alpha value is -2.46. The third kappa shape index (κ3) is 18.2. The Labute approximate surface area is 391 Å². The van der Waals surface area contributed by atoms with Gasteiger partial charge in [-0.05, 0) is 25.0 Å². The fourth-order valence-corrected chi connectivity index (χ4v) is 10.2. The Bertz CT molecular complexity index is 1410. The van der Waals surface area contributed by atoms with Gasteiger partial charge in [0.05, 0.1) is 0 Å². The number of alkyl halides is 6. The zero-order valence-electron chi connectivity index (χ0n) is 40.7. The molecule has 2 unspecified atom stereocenters. The number of hydrogen-bond donors (Lipinski definition) is 0. The smallest absolute Gasteiger partial charge is 0.413 e. The van der Waals surface area contributed by atoms with Crippen LogP contribution in [0.3, 0.4) is 0 Å². The molecule has 2 aliphatic heterocycles. The van der Waals surface area contributed by atoms with E-state index in [0.717, 1.165) is 64.2 Å². The Kier molecular flexibility index (Phi) is 26.1. The number of unbranched alkanes of at least 4 members (excludes halogenated alkanes) is 30. The molecule has 4 nitrogen and oxygen atoms in total. The molecule has 0 saturated heterocycles. The molecule has 0 radical (unpaired) electrons. The minimum atomic E-state index is -5.76. The molecule has 0 amide bonds. The van der Waals surface area contributed by atoms with Crippen molar-refractivity contribution in [1.29, 1.82) is 0 Å². The third-order valence-corrected chi connectivity index (χ3v) is 14.1. The minimum Gasteiger partial charge on any atom is -0.473 e. The molecule has 2 aromatic rings. The molecule has 0 N–H and O–H groups in total. The van der Waals surface area contributed by atoms with Gasteiger partial charge in [-0.2, -0.15) is 26.3 Å². The van der Waals surface area contributed by atoms with E-state index in [1.165, 1.54) is 150 Å². The van der Waals surface area contributed by atoms with Crippen molar-refractivity contribution in [1.82, 2.24) is 9.80 Å². The molecule has 2 aliphatic rings. The lowest BCUT2D eigenvalue weighted by atomic mass is 9.78. The molecule has 0 bridgehead atoms. The molecule has 0 aliphatic carbocycles. The molecule has 0 saturated carbocycles. The van der Waals surface area contributed by atoms with E-state index in [1.54, 1.807) is 36.4 Å². The van der Waals surface area contributed by atoms with E-state index < -0.39 is 30.2 Å². The van der Waals surface area contributed by atoms with Gasteiger partial charge in [-0.25, -0.2) is 0 Å². The molecule has 0 fully saturated rings. The van der Waals surface area contributed by atoms with E-state index in [0.29, 0.717) is 24.0 Å². The number of fused-ring (bicyclic) bond motifs is 2. The largest absolute Gasteiger partial charge is 0.473 e. The first-order chi connectivity index (χ1) is 31.5. The molecular weight excluding hydrogens is 835 g/mol. The van der Waals surface area contributed by atoms with Crippen LogP contribution in [-0.4, -0.2) is 47.7 Å². The van der Waals surface area contributed by atoms with Gasteiger partial charge in [-0.15, -0.1) is 0 Å². The number of halogens is 6. The first-order valence-electron chi connectivity index (χ1n) is 26.6. The van der Waals surface area contributed by atoms with Gasteiger partial charge in [0.2, 0.25) is 0 Å². The third-order valence-electron chi connectivity index (χ3n) is 14.1. The van der Waals surface area contributed by atoms with Crippen molar-refractivity contribution in [2.45, 2.75) is 257 Å². The van der Waals surface area contributed by atoms with Gasteiger partial charge in [-0.3, -0.25) is 9.80 Å². The SMILES string of the molecule is CCCCCCCCCCCCCCCCCCN1Cc2ccccc2OC1C(C1Oc2ccccc2CN1CCCCCCCCCCCCCCCCCC)(C(F)(F)F)C(F)(F)F. The standard InChI is InChI=1S/C55H88F6N2O2/c1-3-5-7-9-11-13-15-17-19-21-23-25-27-29-31-37-43-62-45-47-39-33-35-41-49(47)64-51(62)53(54(56,57)58,55(59,60)61)52-63(46-48-40-34-36-42-50(48)65-52)44-38-32-30-28-26-24-22-20-18-16-14-12-10-8-6-4-2/h33-36,39-42,51-52H,3-32,37-38,43-46H2,1-2H3. The fourth-order valence-electron chi connectivity index (χ4n) is 10.2. The van der Waals surface area contributed by atoms with E-state index in [4.69, 9.17) is 9.47 Å². The zero-order valence-corrected chi connectivity index (χ0v) is 40.7. The number of hydrogen-bond acceptors (Lipinski definition) is 4. The summed E-state index contributed by atoms with van der Waals surface area (Å²) < 4.78 is 109. The van der Waals surface area contributed by atoms with Crippen molar-refractivity contribution in [3.05, 3.63) is 59.7 Å². The van der Waals surface area contributed by atoms with E-state index in [-0.39, 0.29) is 37.7 Å². The summed E-state index contributed by atoms with van der Waals surface area (Å²) in [7, 11) is 0. The Morgan fingerprint density at radius 3 is 0.892 bits per heavy atom. The van der Waals surface area contributed by atoms with Crippen LogP contribution < -0.4 is 9.47 Å².